The quantitative estimate of drug-likeness (QED) is 0.452. The highest BCUT2D eigenvalue weighted by Gasteiger charge is 2.11. The van der Waals surface area contributed by atoms with E-state index in [1.54, 1.807) is 18.3 Å². The molecule has 2 aromatic heterocycles. The van der Waals surface area contributed by atoms with E-state index in [0.29, 0.717) is 11.3 Å². The third-order valence-corrected chi connectivity index (χ3v) is 5.52. The summed E-state index contributed by atoms with van der Waals surface area (Å²) in [4.78, 5) is 4.47. The van der Waals surface area contributed by atoms with E-state index in [1.807, 2.05) is 22.8 Å². The van der Waals surface area contributed by atoms with Crippen LogP contribution in [0.5, 0.6) is 0 Å². The van der Waals surface area contributed by atoms with Crippen LogP contribution in [0.4, 0.5) is 4.39 Å². The fourth-order valence-electron chi connectivity index (χ4n) is 2.81. The molecule has 0 N–H and O–H groups in total. The first kappa shape index (κ1) is 16.8. The first-order chi connectivity index (χ1) is 12.6. The molecule has 0 saturated carbocycles. The molecule has 4 aromatic rings. The van der Waals surface area contributed by atoms with Crippen molar-refractivity contribution in [1.29, 1.82) is 0 Å². The van der Waals surface area contributed by atoms with Crippen molar-refractivity contribution in [2.24, 2.45) is 0 Å². The predicted molar refractivity (Wildman–Crippen MR) is 104 cm³/mol. The van der Waals surface area contributed by atoms with Gasteiger partial charge < -0.3 is 0 Å². The highest BCUT2D eigenvalue weighted by molar-refractivity contribution is 7.98. The minimum Gasteiger partial charge on any atom is -0.246 e. The second-order valence-corrected chi connectivity index (χ2v) is 7.23. The molecule has 130 valence electrons. The van der Waals surface area contributed by atoms with E-state index in [4.69, 9.17) is 0 Å². The molecule has 0 aliphatic rings. The summed E-state index contributed by atoms with van der Waals surface area (Å²) in [5.41, 5.74) is 6.11. The molecule has 0 spiro atoms. The zero-order valence-corrected chi connectivity index (χ0v) is 15.4. The molecule has 0 radical (unpaired) electrons. The van der Waals surface area contributed by atoms with E-state index in [1.165, 1.54) is 29.0 Å². The number of aromatic nitrogens is 3. The maximum Gasteiger partial charge on any atom is 0.127 e. The Morgan fingerprint density at radius 2 is 1.88 bits per heavy atom. The second-order valence-electron chi connectivity index (χ2n) is 6.27. The van der Waals surface area contributed by atoms with Crippen molar-refractivity contribution < 1.29 is 4.39 Å². The summed E-state index contributed by atoms with van der Waals surface area (Å²) in [6.07, 6.45) is 3.57. The van der Waals surface area contributed by atoms with Gasteiger partial charge in [-0.05, 0) is 48.7 Å². The van der Waals surface area contributed by atoms with Gasteiger partial charge in [-0.1, -0.05) is 42.1 Å². The van der Waals surface area contributed by atoms with E-state index in [0.717, 1.165) is 21.8 Å². The number of hydrogen-bond acceptors (Lipinski definition) is 3. The molecule has 0 saturated heterocycles. The fraction of sp³-hybridized carbons (Fsp3) is 0.143. The van der Waals surface area contributed by atoms with Crippen LogP contribution < -0.4 is 0 Å². The third-order valence-electron chi connectivity index (χ3n) is 4.48. The lowest BCUT2D eigenvalue weighted by molar-refractivity contribution is 0.617. The number of fused-ring (bicyclic) bond motifs is 1. The predicted octanol–water partition coefficient (Wildman–Crippen LogP) is 5.44. The lowest BCUT2D eigenvalue weighted by atomic mass is 10.0. The van der Waals surface area contributed by atoms with Gasteiger partial charge in [-0.3, -0.25) is 0 Å². The molecule has 0 fully saturated rings. The van der Waals surface area contributed by atoms with Crippen LogP contribution in [0, 0.1) is 19.7 Å². The van der Waals surface area contributed by atoms with Gasteiger partial charge in [0.1, 0.15) is 10.8 Å². The number of aryl methyl sites for hydroxylation is 2. The summed E-state index contributed by atoms with van der Waals surface area (Å²) in [7, 11) is 0. The molecule has 0 bridgehead atoms. The van der Waals surface area contributed by atoms with E-state index in [2.05, 4.69) is 42.1 Å². The monoisotopic (exact) mass is 363 g/mol. The van der Waals surface area contributed by atoms with E-state index < -0.39 is 0 Å². The molecule has 0 aliphatic heterocycles. The highest BCUT2D eigenvalue weighted by Crippen LogP contribution is 2.29. The standard InChI is InChI=1S/C21H18FN3S/c1-14-7-8-16(11-15(14)2)19-12-20-21(23-9-10-25(20)24-19)26-13-17-5-3-4-6-18(17)22/h3-12H,13H2,1-2H3. The molecule has 0 aliphatic carbocycles. The fourth-order valence-corrected chi connectivity index (χ4v) is 3.77. The van der Waals surface area contributed by atoms with E-state index in [-0.39, 0.29) is 5.82 Å². The highest BCUT2D eigenvalue weighted by atomic mass is 32.2. The summed E-state index contributed by atoms with van der Waals surface area (Å²) in [5, 5.41) is 5.52. The van der Waals surface area contributed by atoms with Crippen molar-refractivity contribution in [3.05, 3.63) is 83.4 Å². The zero-order chi connectivity index (χ0) is 18.1. The van der Waals surface area contributed by atoms with Crippen molar-refractivity contribution in [2.75, 3.05) is 0 Å². The average Bonchev–Trinajstić information content (AvgIpc) is 3.08. The summed E-state index contributed by atoms with van der Waals surface area (Å²) in [6.45, 7) is 4.20. The summed E-state index contributed by atoms with van der Waals surface area (Å²) in [5.74, 6) is 0.347. The molecule has 26 heavy (non-hydrogen) atoms. The van der Waals surface area contributed by atoms with Crippen LogP contribution in [-0.2, 0) is 5.75 Å². The van der Waals surface area contributed by atoms with Crippen molar-refractivity contribution in [1.82, 2.24) is 14.6 Å². The van der Waals surface area contributed by atoms with E-state index in [9.17, 15) is 4.39 Å². The zero-order valence-electron chi connectivity index (χ0n) is 14.6. The van der Waals surface area contributed by atoms with Gasteiger partial charge in [0.2, 0.25) is 0 Å². The Morgan fingerprint density at radius 1 is 1.04 bits per heavy atom. The number of hydrogen-bond donors (Lipinski definition) is 0. The second kappa shape index (κ2) is 6.92. The number of thioether (sulfide) groups is 1. The van der Waals surface area contributed by atoms with Crippen LogP contribution in [-0.4, -0.2) is 14.6 Å². The molecule has 2 heterocycles. The Hall–Kier alpha value is -2.66. The van der Waals surface area contributed by atoms with Crippen LogP contribution in [0.2, 0.25) is 0 Å². The summed E-state index contributed by atoms with van der Waals surface area (Å²) in [6, 6.07) is 15.2. The smallest absolute Gasteiger partial charge is 0.127 e. The minimum absolute atomic E-state index is 0.184. The Bertz CT molecular complexity index is 1090. The van der Waals surface area contributed by atoms with Crippen LogP contribution in [0.15, 0.2) is 66.0 Å². The van der Waals surface area contributed by atoms with Crippen molar-refractivity contribution in [3.8, 4) is 11.3 Å². The van der Waals surface area contributed by atoms with Gasteiger partial charge in [0, 0.05) is 23.7 Å². The number of rotatable bonds is 4. The maximum atomic E-state index is 13.9. The van der Waals surface area contributed by atoms with Gasteiger partial charge in [-0.15, -0.1) is 0 Å². The molecule has 0 amide bonds. The van der Waals surface area contributed by atoms with Gasteiger partial charge >= 0.3 is 0 Å². The molecule has 3 nitrogen and oxygen atoms in total. The molecule has 0 atom stereocenters. The van der Waals surface area contributed by atoms with Gasteiger partial charge in [0.05, 0.1) is 11.2 Å². The molecule has 0 unspecified atom stereocenters. The number of halogens is 1. The lowest BCUT2D eigenvalue weighted by Crippen LogP contribution is -1.92. The Kier molecular flexibility index (Phi) is 4.47. The summed E-state index contributed by atoms with van der Waals surface area (Å²) < 4.78 is 15.7. The molecular weight excluding hydrogens is 345 g/mol. The average molecular weight is 363 g/mol. The van der Waals surface area contributed by atoms with Crippen LogP contribution in [0.3, 0.4) is 0 Å². The van der Waals surface area contributed by atoms with Gasteiger partial charge in [0.15, 0.2) is 0 Å². The van der Waals surface area contributed by atoms with Crippen molar-refractivity contribution in [3.63, 3.8) is 0 Å². The third kappa shape index (κ3) is 3.22. The van der Waals surface area contributed by atoms with Crippen LogP contribution in [0.1, 0.15) is 16.7 Å². The topological polar surface area (TPSA) is 30.2 Å². The van der Waals surface area contributed by atoms with Crippen molar-refractivity contribution in [2.45, 2.75) is 24.6 Å². The Labute approximate surface area is 155 Å². The molecular formula is C21H18FN3S. The van der Waals surface area contributed by atoms with Gasteiger partial charge in [0.25, 0.3) is 0 Å². The first-order valence-electron chi connectivity index (χ1n) is 8.40. The maximum absolute atomic E-state index is 13.9. The largest absolute Gasteiger partial charge is 0.246 e. The molecule has 5 heteroatoms. The molecule has 4 rings (SSSR count). The summed E-state index contributed by atoms with van der Waals surface area (Å²) >= 11 is 1.52. The minimum atomic E-state index is -0.184. The molecule has 2 aromatic carbocycles. The Morgan fingerprint density at radius 3 is 2.69 bits per heavy atom. The van der Waals surface area contributed by atoms with Crippen molar-refractivity contribution >= 4 is 17.3 Å². The van der Waals surface area contributed by atoms with Crippen LogP contribution >= 0.6 is 11.8 Å². The number of benzene rings is 2. The number of nitrogens with zero attached hydrogens (tertiary/aromatic N) is 3. The van der Waals surface area contributed by atoms with E-state index >= 15 is 0 Å². The SMILES string of the molecule is Cc1ccc(-c2cc3c(SCc4ccccc4F)nccn3n2)cc1C. The Balaban J connectivity index is 1.67. The first-order valence-corrected chi connectivity index (χ1v) is 9.38. The van der Waals surface area contributed by atoms with Crippen LogP contribution in [0.25, 0.3) is 16.8 Å². The van der Waals surface area contributed by atoms with Gasteiger partial charge in [-0.25, -0.2) is 13.9 Å². The lowest BCUT2D eigenvalue weighted by Gasteiger charge is -2.04. The normalized spacial score (nSPS) is 11.2. The van der Waals surface area contributed by atoms with Gasteiger partial charge in [-0.2, -0.15) is 5.10 Å².